The number of hydrogen-bond acceptors (Lipinski definition) is 7. The molecule has 0 saturated carbocycles. The Labute approximate surface area is 163 Å². The number of aromatic nitrogens is 3. The van der Waals surface area contributed by atoms with Crippen molar-refractivity contribution in [2.24, 2.45) is 12.8 Å². The Balaban J connectivity index is 1.64. The van der Waals surface area contributed by atoms with E-state index in [-0.39, 0.29) is 11.7 Å². The fourth-order valence-corrected chi connectivity index (χ4v) is 3.84. The maximum Gasteiger partial charge on any atom is 0.251 e. The summed E-state index contributed by atoms with van der Waals surface area (Å²) >= 11 is 2.51. The Morgan fingerprint density at radius 2 is 2.00 bits per heavy atom. The number of nitrogens with two attached hydrogens (primary N) is 1. The zero-order valence-corrected chi connectivity index (χ0v) is 16.3. The molecule has 140 valence electrons. The van der Waals surface area contributed by atoms with E-state index in [1.165, 1.54) is 23.1 Å². The lowest BCUT2D eigenvalue weighted by Gasteiger charge is -2.06. The van der Waals surface area contributed by atoms with Gasteiger partial charge < -0.3 is 20.4 Å². The number of nitrogens with zero attached hydrogens (tertiary/aromatic N) is 3. The van der Waals surface area contributed by atoms with Crippen molar-refractivity contribution in [3.05, 3.63) is 41.3 Å². The minimum Gasteiger partial charge on any atom is -0.497 e. The molecule has 0 aliphatic rings. The maximum absolute atomic E-state index is 12.2. The monoisotopic (exact) mass is 403 g/mol. The Morgan fingerprint density at radius 1 is 1.26 bits per heavy atom. The van der Waals surface area contributed by atoms with Crippen LogP contribution < -0.4 is 15.8 Å². The van der Waals surface area contributed by atoms with Gasteiger partial charge in [-0.25, -0.2) is 0 Å². The van der Waals surface area contributed by atoms with Crippen LogP contribution in [0.15, 0.2) is 40.9 Å². The molecule has 1 aromatic carbocycles. The number of rotatable bonds is 7. The van der Waals surface area contributed by atoms with Crippen molar-refractivity contribution in [3.8, 4) is 17.1 Å². The molecule has 2 aromatic heterocycles. The van der Waals surface area contributed by atoms with Gasteiger partial charge in [-0.2, -0.15) is 0 Å². The van der Waals surface area contributed by atoms with E-state index in [0.29, 0.717) is 21.5 Å². The third-order valence-corrected chi connectivity index (χ3v) is 5.55. The first-order chi connectivity index (χ1) is 13.0. The topological polar surface area (TPSA) is 112 Å². The molecule has 0 unspecified atom stereocenters. The molecule has 27 heavy (non-hydrogen) atoms. The van der Waals surface area contributed by atoms with Gasteiger partial charge in [0.15, 0.2) is 11.0 Å². The normalized spacial score (nSPS) is 10.6. The predicted octanol–water partition coefficient (Wildman–Crippen LogP) is 2.38. The molecule has 0 aliphatic carbocycles. The van der Waals surface area contributed by atoms with Crippen molar-refractivity contribution in [1.29, 1.82) is 0 Å². The molecule has 3 rings (SSSR count). The quantitative estimate of drug-likeness (QED) is 0.586. The molecule has 0 bridgehead atoms. The number of carbonyl (C=O) groups excluding carboxylic acids is 2. The molecule has 0 aliphatic heterocycles. The van der Waals surface area contributed by atoms with Gasteiger partial charge >= 0.3 is 0 Å². The number of carbonyl (C=O) groups is 2. The molecule has 0 spiro atoms. The van der Waals surface area contributed by atoms with Crippen molar-refractivity contribution in [2.75, 3.05) is 18.2 Å². The Bertz CT molecular complexity index is 965. The van der Waals surface area contributed by atoms with Gasteiger partial charge in [0.2, 0.25) is 5.91 Å². The molecule has 0 saturated heterocycles. The second-order valence-corrected chi connectivity index (χ2v) is 7.32. The zero-order chi connectivity index (χ0) is 19.4. The van der Waals surface area contributed by atoms with Crippen LogP contribution in [0.1, 0.15) is 10.4 Å². The fraction of sp³-hybridized carbons (Fsp3) is 0.176. The number of amides is 2. The summed E-state index contributed by atoms with van der Waals surface area (Å²) in [5.41, 5.74) is 6.48. The van der Waals surface area contributed by atoms with E-state index in [1.54, 1.807) is 18.6 Å². The maximum atomic E-state index is 12.2. The third-order valence-electron chi connectivity index (χ3n) is 3.70. The van der Waals surface area contributed by atoms with E-state index in [1.807, 2.05) is 35.9 Å². The highest BCUT2D eigenvalue weighted by Gasteiger charge is 2.15. The smallest absolute Gasteiger partial charge is 0.251 e. The molecule has 0 radical (unpaired) electrons. The van der Waals surface area contributed by atoms with Crippen molar-refractivity contribution in [2.45, 2.75) is 5.16 Å². The first kappa shape index (κ1) is 18.9. The summed E-state index contributed by atoms with van der Waals surface area (Å²) in [6.07, 6.45) is 0. The van der Waals surface area contributed by atoms with Crippen molar-refractivity contribution < 1.29 is 14.3 Å². The largest absolute Gasteiger partial charge is 0.497 e. The lowest BCUT2D eigenvalue weighted by atomic mass is 10.2. The third kappa shape index (κ3) is 4.29. The van der Waals surface area contributed by atoms with Crippen LogP contribution in [0.3, 0.4) is 0 Å². The number of nitrogens with one attached hydrogen (secondary N) is 1. The summed E-state index contributed by atoms with van der Waals surface area (Å²) in [5.74, 6) is 0.756. The van der Waals surface area contributed by atoms with Gasteiger partial charge in [-0.05, 0) is 35.7 Å². The van der Waals surface area contributed by atoms with Gasteiger partial charge in [-0.1, -0.05) is 11.8 Å². The Hall–Kier alpha value is -2.85. The minimum absolute atomic E-state index is 0.130. The van der Waals surface area contributed by atoms with Crippen LogP contribution in [0, 0.1) is 0 Å². The molecule has 10 heteroatoms. The van der Waals surface area contributed by atoms with Gasteiger partial charge in [0.05, 0.1) is 18.4 Å². The van der Waals surface area contributed by atoms with Gasteiger partial charge in [-0.15, -0.1) is 21.5 Å². The Kier molecular flexibility index (Phi) is 5.77. The van der Waals surface area contributed by atoms with Gasteiger partial charge in [0.25, 0.3) is 5.91 Å². The van der Waals surface area contributed by atoms with Crippen LogP contribution in [0.5, 0.6) is 5.75 Å². The number of ether oxygens (including phenoxy) is 1. The van der Waals surface area contributed by atoms with Gasteiger partial charge in [0, 0.05) is 12.6 Å². The van der Waals surface area contributed by atoms with E-state index >= 15 is 0 Å². The summed E-state index contributed by atoms with van der Waals surface area (Å²) in [6.45, 7) is 0. The molecule has 3 N–H and O–H groups in total. The van der Waals surface area contributed by atoms with E-state index in [9.17, 15) is 9.59 Å². The SMILES string of the molecule is COc1ccc(-c2nnc(SCC(=O)Nc3sccc3C(N)=O)n2C)cc1. The molecule has 3 aromatic rings. The molecular weight excluding hydrogens is 386 g/mol. The summed E-state index contributed by atoms with van der Waals surface area (Å²) in [4.78, 5) is 23.5. The molecular formula is C17H17N5O3S2. The first-order valence-corrected chi connectivity index (χ1v) is 9.70. The highest BCUT2D eigenvalue weighted by molar-refractivity contribution is 7.99. The number of thioether (sulfide) groups is 1. The zero-order valence-electron chi connectivity index (χ0n) is 14.6. The highest BCUT2D eigenvalue weighted by atomic mass is 32.2. The van der Waals surface area contributed by atoms with Crippen LogP contribution in [0.2, 0.25) is 0 Å². The second kappa shape index (κ2) is 8.23. The number of hydrogen-bond donors (Lipinski definition) is 2. The molecule has 8 nitrogen and oxygen atoms in total. The van der Waals surface area contributed by atoms with E-state index < -0.39 is 5.91 Å². The van der Waals surface area contributed by atoms with Crippen molar-refractivity contribution in [3.63, 3.8) is 0 Å². The standard InChI is InChI=1S/C17H17N5O3S2/c1-22-15(10-3-5-11(25-2)6-4-10)20-21-17(22)27-9-13(23)19-16-12(14(18)24)7-8-26-16/h3-8H,9H2,1-2H3,(H2,18,24)(H,19,23). The first-order valence-electron chi connectivity index (χ1n) is 7.83. The Morgan fingerprint density at radius 3 is 2.67 bits per heavy atom. The van der Waals surface area contributed by atoms with Crippen LogP contribution in [-0.4, -0.2) is 39.4 Å². The summed E-state index contributed by atoms with van der Waals surface area (Å²) in [5, 5.41) is 13.8. The molecule has 2 heterocycles. The molecule has 0 fully saturated rings. The summed E-state index contributed by atoms with van der Waals surface area (Å²) in [7, 11) is 3.45. The highest BCUT2D eigenvalue weighted by Crippen LogP contribution is 2.26. The van der Waals surface area contributed by atoms with Gasteiger partial charge in [-0.3, -0.25) is 9.59 Å². The summed E-state index contributed by atoms with van der Waals surface area (Å²) < 4.78 is 6.97. The van der Waals surface area contributed by atoms with E-state index in [2.05, 4.69) is 15.5 Å². The summed E-state index contributed by atoms with van der Waals surface area (Å²) in [6, 6.07) is 9.07. The number of methoxy groups -OCH3 is 1. The fourth-order valence-electron chi connectivity index (χ4n) is 2.32. The number of thiophene rings is 1. The van der Waals surface area contributed by atoms with Crippen LogP contribution in [0.4, 0.5) is 5.00 Å². The van der Waals surface area contributed by atoms with Gasteiger partial charge in [0.1, 0.15) is 10.8 Å². The van der Waals surface area contributed by atoms with E-state index in [0.717, 1.165) is 11.3 Å². The molecule has 0 atom stereocenters. The number of anilines is 1. The lowest BCUT2D eigenvalue weighted by molar-refractivity contribution is -0.113. The second-order valence-electron chi connectivity index (χ2n) is 5.46. The van der Waals surface area contributed by atoms with Crippen LogP contribution >= 0.6 is 23.1 Å². The number of benzene rings is 1. The van der Waals surface area contributed by atoms with Crippen molar-refractivity contribution in [1.82, 2.24) is 14.8 Å². The predicted molar refractivity (Wildman–Crippen MR) is 105 cm³/mol. The van der Waals surface area contributed by atoms with Crippen molar-refractivity contribution >= 4 is 39.9 Å². The molecule has 2 amide bonds. The number of primary amides is 1. The average Bonchev–Trinajstić information content (AvgIpc) is 3.27. The van der Waals surface area contributed by atoms with E-state index in [4.69, 9.17) is 10.5 Å². The average molecular weight is 403 g/mol. The van der Waals surface area contributed by atoms with Crippen LogP contribution in [-0.2, 0) is 11.8 Å². The lowest BCUT2D eigenvalue weighted by Crippen LogP contribution is -2.18. The minimum atomic E-state index is -0.573. The van der Waals surface area contributed by atoms with Crippen LogP contribution in [0.25, 0.3) is 11.4 Å².